The van der Waals surface area contributed by atoms with Crippen LogP contribution in [0.15, 0.2) is 0 Å². The molecule has 6 heteroatoms. The Bertz CT molecular complexity index is 221. The molecule has 11 heavy (non-hydrogen) atoms. The number of rotatable bonds is 3. The number of hydrogen-bond acceptors (Lipinski definition) is 3. The Morgan fingerprint density at radius 3 is 1.91 bits per heavy atom. The fourth-order valence-corrected chi connectivity index (χ4v) is 1.63. The van der Waals surface area contributed by atoms with Crippen LogP contribution >= 0.6 is 12.4 Å². The average Bonchev–Trinajstić information content (AvgIpc) is 1.60. The molecule has 0 rings (SSSR count). The Hall–Kier alpha value is -0.290. The zero-order valence-electron chi connectivity index (χ0n) is 6.27. The highest BCUT2D eigenvalue weighted by Crippen LogP contribution is 2.03. The first kappa shape index (κ1) is 13.3. The van der Waals surface area contributed by atoms with E-state index in [1.165, 1.54) is 6.92 Å². The number of carbonyl (C=O) groups is 1. The summed E-state index contributed by atoms with van der Waals surface area (Å²) in [6.07, 6.45) is 1.05. The minimum absolute atomic E-state index is 0. The van der Waals surface area contributed by atoms with Crippen LogP contribution in [0.5, 0.6) is 0 Å². The lowest BCUT2D eigenvalue weighted by atomic mass is 10.3. The predicted molar refractivity (Wildman–Crippen MR) is 43.8 cm³/mol. The molecule has 4 nitrogen and oxygen atoms in total. The number of carboxylic acid groups (broad SMARTS) is 1. The van der Waals surface area contributed by atoms with Crippen molar-refractivity contribution in [1.29, 1.82) is 0 Å². The van der Waals surface area contributed by atoms with Crippen molar-refractivity contribution in [2.24, 2.45) is 0 Å². The van der Waals surface area contributed by atoms with Gasteiger partial charge in [-0.3, -0.25) is 4.79 Å². The molecule has 0 aromatic heterocycles. The topological polar surface area (TPSA) is 71.4 Å². The zero-order valence-corrected chi connectivity index (χ0v) is 7.91. The molecule has 68 valence electrons. The van der Waals surface area contributed by atoms with Crippen LogP contribution in [0.25, 0.3) is 0 Å². The fraction of sp³-hybridized carbons (Fsp3) is 0.800. The molecule has 0 saturated carbocycles. The van der Waals surface area contributed by atoms with E-state index < -0.39 is 21.1 Å². The molecule has 0 spiro atoms. The van der Waals surface area contributed by atoms with E-state index in [9.17, 15) is 13.2 Å². The summed E-state index contributed by atoms with van der Waals surface area (Å²) in [5.41, 5.74) is 0. The first-order valence-corrected chi connectivity index (χ1v) is 4.76. The van der Waals surface area contributed by atoms with Crippen molar-refractivity contribution in [3.05, 3.63) is 0 Å². The van der Waals surface area contributed by atoms with Crippen LogP contribution in [-0.4, -0.2) is 31.0 Å². The molecule has 0 bridgehead atoms. The van der Waals surface area contributed by atoms with E-state index in [2.05, 4.69) is 0 Å². The lowest BCUT2D eigenvalue weighted by Gasteiger charge is -2.04. The van der Waals surface area contributed by atoms with E-state index in [1.54, 1.807) is 0 Å². The maximum absolute atomic E-state index is 10.6. The second kappa shape index (κ2) is 4.56. The van der Waals surface area contributed by atoms with Gasteiger partial charge < -0.3 is 5.11 Å². The van der Waals surface area contributed by atoms with E-state index in [4.69, 9.17) is 5.11 Å². The molecular weight excluding hydrogens is 192 g/mol. The summed E-state index contributed by atoms with van der Waals surface area (Å²) in [6, 6.07) is 0. The van der Waals surface area contributed by atoms with Crippen LogP contribution in [0.1, 0.15) is 13.3 Å². The molecule has 0 saturated heterocycles. The average molecular weight is 203 g/mol. The molecule has 0 heterocycles. The minimum atomic E-state index is -3.41. The van der Waals surface area contributed by atoms with E-state index in [0.717, 1.165) is 6.26 Å². The maximum Gasteiger partial charge on any atom is 0.321 e. The highest BCUT2D eigenvalue weighted by Gasteiger charge is 2.25. The standard InChI is InChI=1S/C5H10O4S.ClH/c1-3-4(5(6)7)10(2,8)9;/h4H,3H2,1-2H3,(H,6,7);1H. The van der Waals surface area contributed by atoms with Gasteiger partial charge in [0.15, 0.2) is 15.1 Å². The van der Waals surface area contributed by atoms with Gasteiger partial charge in [-0.1, -0.05) is 6.92 Å². The molecule has 0 aromatic carbocycles. The molecule has 0 aliphatic carbocycles. The normalized spacial score (nSPS) is 13.3. The maximum atomic E-state index is 10.6. The van der Waals surface area contributed by atoms with Crippen molar-refractivity contribution in [3.63, 3.8) is 0 Å². The monoisotopic (exact) mass is 202 g/mol. The van der Waals surface area contributed by atoms with Gasteiger partial charge in [-0.25, -0.2) is 8.42 Å². The smallest absolute Gasteiger partial charge is 0.321 e. The van der Waals surface area contributed by atoms with Gasteiger partial charge in [0.1, 0.15) is 0 Å². The Morgan fingerprint density at radius 2 is 1.91 bits per heavy atom. The van der Waals surface area contributed by atoms with Crippen molar-refractivity contribution >= 4 is 28.2 Å². The molecule has 0 fully saturated rings. The van der Waals surface area contributed by atoms with E-state index >= 15 is 0 Å². The van der Waals surface area contributed by atoms with Crippen molar-refractivity contribution in [2.45, 2.75) is 18.6 Å². The third-order valence-electron chi connectivity index (χ3n) is 1.16. The number of aliphatic carboxylic acids is 1. The molecule has 0 radical (unpaired) electrons. The van der Waals surface area contributed by atoms with E-state index in [1.807, 2.05) is 0 Å². The fourth-order valence-electron chi connectivity index (χ4n) is 0.661. The van der Waals surface area contributed by atoms with Crippen molar-refractivity contribution in [3.8, 4) is 0 Å². The highest BCUT2D eigenvalue weighted by molar-refractivity contribution is 7.92. The lowest BCUT2D eigenvalue weighted by molar-refractivity contribution is -0.136. The second-order valence-electron chi connectivity index (χ2n) is 2.06. The van der Waals surface area contributed by atoms with Gasteiger partial charge in [0.05, 0.1) is 0 Å². The summed E-state index contributed by atoms with van der Waals surface area (Å²) in [6.45, 7) is 1.53. The van der Waals surface area contributed by atoms with E-state index in [-0.39, 0.29) is 18.8 Å². The zero-order chi connectivity index (χ0) is 8.36. The van der Waals surface area contributed by atoms with Gasteiger partial charge in [0.2, 0.25) is 0 Å². The summed E-state index contributed by atoms with van der Waals surface area (Å²) in [5, 5.41) is 7.09. The first-order chi connectivity index (χ1) is 4.39. The van der Waals surface area contributed by atoms with Crippen LogP contribution in [0.2, 0.25) is 0 Å². The van der Waals surface area contributed by atoms with E-state index in [0.29, 0.717) is 0 Å². The number of halogens is 1. The summed E-state index contributed by atoms with van der Waals surface area (Å²) in [7, 11) is -3.41. The Balaban J connectivity index is 0. The Morgan fingerprint density at radius 1 is 1.55 bits per heavy atom. The first-order valence-electron chi connectivity index (χ1n) is 2.81. The summed E-state index contributed by atoms with van der Waals surface area (Å²) in [4.78, 5) is 10.2. The van der Waals surface area contributed by atoms with Gasteiger partial charge in [-0.05, 0) is 6.42 Å². The molecule has 1 N–H and O–H groups in total. The molecule has 0 aliphatic heterocycles. The molecule has 0 aromatic rings. The third kappa shape index (κ3) is 4.21. The number of carboxylic acids is 1. The third-order valence-corrected chi connectivity index (χ3v) is 2.73. The SMILES string of the molecule is CCC(C(=O)O)S(C)(=O)=O.Cl. The largest absolute Gasteiger partial charge is 0.480 e. The van der Waals surface area contributed by atoms with Gasteiger partial charge >= 0.3 is 5.97 Å². The van der Waals surface area contributed by atoms with Gasteiger partial charge in [-0.2, -0.15) is 0 Å². The van der Waals surface area contributed by atoms with Crippen molar-refractivity contribution in [2.75, 3.05) is 6.26 Å². The van der Waals surface area contributed by atoms with Crippen LogP contribution in [0.4, 0.5) is 0 Å². The molecular formula is C5H11ClO4S. The van der Waals surface area contributed by atoms with Crippen LogP contribution < -0.4 is 0 Å². The molecule has 0 amide bonds. The molecule has 1 unspecified atom stereocenters. The summed E-state index contributed by atoms with van der Waals surface area (Å²) >= 11 is 0. The van der Waals surface area contributed by atoms with Gasteiger partial charge in [-0.15, -0.1) is 12.4 Å². The number of hydrogen-bond donors (Lipinski definition) is 1. The highest BCUT2D eigenvalue weighted by atomic mass is 35.5. The Kier molecular flexibility index (Phi) is 5.52. The number of sulfone groups is 1. The Labute approximate surface area is 71.9 Å². The van der Waals surface area contributed by atoms with Gasteiger partial charge in [0, 0.05) is 6.26 Å². The molecule has 1 atom stereocenters. The van der Waals surface area contributed by atoms with Crippen molar-refractivity contribution < 1.29 is 18.3 Å². The lowest BCUT2D eigenvalue weighted by Crippen LogP contribution is -2.28. The van der Waals surface area contributed by atoms with Crippen LogP contribution in [0, 0.1) is 0 Å². The van der Waals surface area contributed by atoms with Crippen LogP contribution in [-0.2, 0) is 14.6 Å². The molecule has 0 aliphatic rings. The quantitative estimate of drug-likeness (QED) is 0.716. The van der Waals surface area contributed by atoms with Gasteiger partial charge in [0.25, 0.3) is 0 Å². The van der Waals surface area contributed by atoms with Crippen LogP contribution in [0.3, 0.4) is 0 Å². The predicted octanol–water partition coefficient (Wildman–Crippen LogP) is 0.316. The second-order valence-corrected chi connectivity index (χ2v) is 4.29. The summed E-state index contributed by atoms with van der Waals surface area (Å²) in [5.74, 6) is -1.27. The minimum Gasteiger partial charge on any atom is -0.480 e. The summed E-state index contributed by atoms with van der Waals surface area (Å²) < 4.78 is 21.2. The van der Waals surface area contributed by atoms with Crippen molar-refractivity contribution in [1.82, 2.24) is 0 Å².